The maximum Gasteiger partial charge on any atom is 0.238 e. The number of carbonyl (C=O) groups excluding carboxylic acids is 1. The number of hydrogen-bond acceptors (Lipinski definition) is 2. The normalized spacial score (nSPS) is 14.2. The summed E-state index contributed by atoms with van der Waals surface area (Å²) >= 11 is 5.64. The van der Waals surface area contributed by atoms with E-state index in [9.17, 15) is 4.79 Å². The summed E-state index contributed by atoms with van der Waals surface area (Å²) in [6.07, 6.45) is 0.604. The van der Waals surface area contributed by atoms with Crippen molar-refractivity contribution in [1.82, 2.24) is 5.32 Å². The topological polar surface area (TPSA) is 49.3 Å². The van der Waals surface area contributed by atoms with Gasteiger partial charge in [0.1, 0.15) is 5.38 Å². The zero-order chi connectivity index (χ0) is 12.0. The molecule has 1 aromatic carbocycles. The van der Waals surface area contributed by atoms with Crippen LogP contribution in [0.1, 0.15) is 12.5 Å². The van der Waals surface area contributed by atoms with Gasteiger partial charge in [-0.15, -0.1) is 11.6 Å². The zero-order valence-corrected chi connectivity index (χ0v) is 9.95. The summed E-state index contributed by atoms with van der Waals surface area (Å²) < 4.78 is 0. The van der Waals surface area contributed by atoms with Crippen LogP contribution in [-0.4, -0.2) is 29.0 Å². The lowest BCUT2D eigenvalue weighted by atomic mass is 10.1. The van der Waals surface area contributed by atoms with Gasteiger partial charge in [0.2, 0.25) is 5.91 Å². The molecule has 2 N–H and O–H groups in total. The highest BCUT2D eigenvalue weighted by Crippen LogP contribution is 2.04. The Labute approximate surface area is 100 Å². The van der Waals surface area contributed by atoms with Crippen LogP contribution in [-0.2, 0) is 11.2 Å². The number of halogens is 1. The third-order valence-electron chi connectivity index (χ3n) is 2.25. The van der Waals surface area contributed by atoms with Gasteiger partial charge in [0.05, 0.1) is 12.6 Å². The second-order valence-electron chi connectivity index (χ2n) is 3.69. The number of aliphatic hydroxyl groups is 1. The van der Waals surface area contributed by atoms with Gasteiger partial charge in [-0.3, -0.25) is 4.79 Å². The summed E-state index contributed by atoms with van der Waals surface area (Å²) in [5, 5.41) is 11.3. The van der Waals surface area contributed by atoms with E-state index in [1.165, 1.54) is 0 Å². The lowest BCUT2D eigenvalue weighted by Crippen LogP contribution is -2.42. The van der Waals surface area contributed by atoms with Gasteiger partial charge >= 0.3 is 0 Å². The summed E-state index contributed by atoms with van der Waals surface area (Å²) in [5.41, 5.74) is 1.07. The molecule has 0 spiro atoms. The van der Waals surface area contributed by atoms with Crippen LogP contribution in [0.15, 0.2) is 30.3 Å². The second-order valence-corrected chi connectivity index (χ2v) is 4.35. The largest absolute Gasteiger partial charge is 0.394 e. The van der Waals surface area contributed by atoms with E-state index in [-0.39, 0.29) is 18.6 Å². The van der Waals surface area contributed by atoms with Gasteiger partial charge in [0.25, 0.3) is 0 Å². The molecule has 3 nitrogen and oxygen atoms in total. The minimum atomic E-state index is -0.579. The molecule has 0 saturated carbocycles. The number of benzene rings is 1. The van der Waals surface area contributed by atoms with E-state index in [0.717, 1.165) is 5.56 Å². The fourth-order valence-corrected chi connectivity index (χ4v) is 1.44. The Morgan fingerprint density at radius 2 is 2.06 bits per heavy atom. The highest BCUT2D eigenvalue weighted by atomic mass is 35.5. The van der Waals surface area contributed by atoms with Crippen LogP contribution < -0.4 is 5.32 Å². The Bertz CT molecular complexity index is 327. The van der Waals surface area contributed by atoms with Crippen molar-refractivity contribution < 1.29 is 9.90 Å². The number of amides is 1. The highest BCUT2D eigenvalue weighted by Gasteiger charge is 2.15. The van der Waals surface area contributed by atoms with Crippen LogP contribution in [0.25, 0.3) is 0 Å². The number of aliphatic hydroxyl groups excluding tert-OH is 1. The molecular weight excluding hydrogens is 226 g/mol. The van der Waals surface area contributed by atoms with Crippen molar-refractivity contribution in [2.24, 2.45) is 0 Å². The van der Waals surface area contributed by atoms with Crippen molar-refractivity contribution in [2.45, 2.75) is 24.8 Å². The maximum atomic E-state index is 11.3. The quantitative estimate of drug-likeness (QED) is 0.765. The van der Waals surface area contributed by atoms with Crippen molar-refractivity contribution in [2.75, 3.05) is 6.61 Å². The predicted molar refractivity (Wildman–Crippen MR) is 64.5 cm³/mol. The predicted octanol–water partition coefficient (Wildman–Crippen LogP) is 1.33. The monoisotopic (exact) mass is 241 g/mol. The van der Waals surface area contributed by atoms with Gasteiger partial charge in [0, 0.05) is 0 Å². The third-order valence-corrected chi connectivity index (χ3v) is 2.45. The van der Waals surface area contributed by atoms with Crippen LogP contribution in [0.4, 0.5) is 0 Å². The summed E-state index contributed by atoms with van der Waals surface area (Å²) in [4.78, 5) is 11.3. The second kappa shape index (κ2) is 6.51. The van der Waals surface area contributed by atoms with E-state index >= 15 is 0 Å². The Kier molecular flexibility index (Phi) is 5.29. The Balaban J connectivity index is 2.53. The van der Waals surface area contributed by atoms with Crippen LogP contribution in [0, 0.1) is 0 Å². The van der Waals surface area contributed by atoms with E-state index in [4.69, 9.17) is 16.7 Å². The highest BCUT2D eigenvalue weighted by molar-refractivity contribution is 6.30. The van der Waals surface area contributed by atoms with Crippen LogP contribution in [0.2, 0.25) is 0 Å². The summed E-state index contributed by atoms with van der Waals surface area (Å²) in [6.45, 7) is 1.51. The van der Waals surface area contributed by atoms with Gasteiger partial charge in [-0.1, -0.05) is 30.3 Å². The number of nitrogens with one attached hydrogen (secondary N) is 1. The first kappa shape index (κ1) is 13.0. The van der Waals surface area contributed by atoms with Crippen molar-refractivity contribution >= 4 is 17.5 Å². The molecule has 2 atom stereocenters. The number of hydrogen-bond donors (Lipinski definition) is 2. The minimum absolute atomic E-state index is 0.0930. The van der Waals surface area contributed by atoms with Crippen molar-refractivity contribution in [1.29, 1.82) is 0 Å². The van der Waals surface area contributed by atoms with E-state index in [1.807, 2.05) is 30.3 Å². The molecule has 88 valence electrons. The Morgan fingerprint density at radius 3 is 2.56 bits per heavy atom. The third kappa shape index (κ3) is 4.21. The molecule has 0 heterocycles. The molecule has 16 heavy (non-hydrogen) atoms. The standard InChI is InChI=1S/C12H16ClNO2/c1-9(13)12(16)14-11(8-15)7-10-5-3-2-4-6-10/h2-6,9,11,15H,7-8H2,1H3,(H,14,16)/t9?,11-/m0/s1. The molecule has 1 unspecified atom stereocenters. The first-order valence-corrected chi connectivity index (χ1v) is 5.66. The molecule has 0 aliphatic rings. The molecule has 1 aromatic rings. The number of rotatable bonds is 5. The molecule has 0 fully saturated rings. The fourth-order valence-electron chi connectivity index (χ4n) is 1.38. The van der Waals surface area contributed by atoms with Gasteiger partial charge in [-0.25, -0.2) is 0 Å². The van der Waals surface area contributed by atoms with Gasteiger partial charge < -0.3 is 10.4 Å². The first-order valence-electron chi connectivity index (χ1n) is 5.22. The summed E-state index contributed by atoms with van der Waals surface area (Å²) in [6, 6.07) is 9.41. The number of carbonyl (C=O) groups is 1. The van der Waals surface area contributed by atoms with Crippen molar-refractivity contribution in [3.63, 3.8) is 0 Å². The molecule has 0 aromatic heterocycles. The molecule has 1 rings (SSSR count). The molecule has 0 aliphatic heterocycles. The molecule has 0 aliphatic carbocycles. The van der Waals surface area contributed by atoms with Gasteiger partial charge in [0.15, 0.2) is 0 Å². The Hall–Kier alpha value is -1.06. The molecule has 0 radical (unpaired) electrons. The Morgan fingerprint density at radius 1 is 1.44 bits per heavy atom. The maximum absolute atomic E-state index is 11.3. The zero-order valence-electron chi connectivity index (χ0n) is 9.19. The van der Waals surface area contributed by atoms with Gasteiger partial charge in [-0.2, -0.15) is 0 Å². The smallest absolute Gasteiger partial charge is 0.238 e. The summed E-state index contributed by atoms with van der Waals surface area (Å²) in [7, 11) is 0. The minimum Gasteiger partial charge on any atom is -0.394 e. The van der Waals surface area contributed by atoms with E-state index in [0.29, 0.717) is 6.42 Å². The van der Waals surface area contributed by atoms with Crippen LogP contribution in [0.5, 0.6) is 0 Å². The van der Waals surface area contributed by atoms with Crippen molar-refractivity contribution in [3.8, 4) is 0 Å². The van der Waals surface area contributed by atoms with E-state index < -0.39 is 5.38 Å². The molecule has 0 bridgehead atoms. The average Bonchev–Trinajstić information content (AvgIpc) is 2.29. The van der Waals surface area contributed by atoms with Crippen LogP contribution in [0.3, 0.4) is 0 Å². The molecular formula is C12H16ClNO2. The number of alkyl halides is 1. The van der Waals surface area contributed by atoms with Gasteiger partial charge in [-0.05, 0) is 18.9 Å². The first-order chi connectivity index (χ1) is 7.63. The van der Waals surface area contributed by atoms with E-state index in [1.54, 1.807) is 6.92 Å². The van der Waals surface area contributed by atoms with Crippen LogP contribution >= 0.6 is 11.6 Å². The lowest BCUT2D eigenvalue weighted by Gasteiger charge is -2.17. The van der Waals surface area contributed by atoms with E-state index in [2.05, 4.69) is 5.32 Å². The fraction of sp³-hybridized carbons (Fsp3) is 0.417. The molecule has 1 amide bonds. The summed E-state index contributed by atoms with van der Waals surface area (Å²) in [5.74, 6) is -0.253. The lowest BCUT2D eigenvalue weighted by molar-refractivity contribution is -0.121. The SMILES string of the molecule is CC(Cl)C(=O)N[C@H](CO)Cc1ccccc1. The van der Waals surface area contributed by atoms with Crippen molar-refractivity contribution in [3.05, 3.63) is 35.9 Å². The molecule has 0 saturated heterocycles. The average molecular weight is 242 g/mol. The molecule has 4 heteroatoms.